The molecule has 2 amide bonds. The summed E-state index contributed by atoms with van der Waals surface area (Å²) in [7, 11) is 1.79. The average molecular weight is 422 g/mol. The Balaban J connectivity index is 0.00000420. The molecule has 2 rings (SSSR count). The van der Waals surface area contributed by atoms with Crippen LogP contribution >= 0.6 is 12.4 Å². The smallest absolute Gasteiger partial charge is 0.255 e. The van der Waals surface area contributed by atoms with Gasteiger partial charge in [-0.1, -0.05) is 18.2 Å². The summed E-state index contributed by atoms with van der Waals surface area (Å²) >= 11 is 0. The first kappa shape index (κ1) is 24.3. The van der Waals surface area contributed by atoms with Crippen LogP contribution in [0.4, 0.5) is 11.4 Å². The van der Waals surface area contributed by atoms with Crippen LogP contribution in [0.1, 0.15) is 30.6 Å². The standard InChI is InChI=1S/C21H27N3O4.ClH/c1-4-27-18-14-17(24-21(26)15-9-7-6-8-10-15)19(28-5-2)13-16(18)23-20(25)11-12-22-3;/h6-10,13-14,22H,4-5,11-12H2,1-3H3,(H,23,25)(H,24,26);1H. The van der Waals surface area contributed by atoms with Crippen LogP contribution in [-0.2, 0) is 4.79 Å². The van der Waals surface area contributed by atoms with E-state index in [0.717, 1.165) is 0 Å². The first-order chi connectivity index (χ1) is 13.6. The minimum Gasteiger partial charge on any atom is -0.492 e. The van der Waals surface area contributed by atoms with E-state index in [1.165, 1.54) is 0 Å². The third kappa shape index (κ3) is 7.29. The van der Waals surface area contributed by atoms with Crippen molar-refractivity contribution in [1.82, 2.24) is 5.32 Å². The van der Waals surface area contributed by atoms with Crippen LogP contribution < -0.4 is 25.4 Å². The van der Waals surface area contributed by atoms with E-state index in [2.05, 4.69) is 16.0 Å². The van der Waals surface area contributed by atoms with Gasteiger partial charge in [-0.15, -0.1) is 12.4 Å². The first-order valence-electron chi connectivity index (χ1n) is 9.33. The summed E-state index contributed by atoms with van der Waals surface area (Å²) in [6.07, 6.45) is 0.332. The molecule has 3 N–H and O–H groups in total. The van der Waals surface area contributed by atoms with E-state index in [1.807, 2.05) is 19.9 Å². The number of ether oxygens (including phenoxy) is 2. The number of rotatable bonds is 10. The van der Waals surface area contributed by atoms with E-state index in [0.29, 0.717) is 54.6 Å². The zero-order valence-electron chi connectivity index (χ0n) is 16.9. The number of carbonyl (C=O) groups is 2. The van der Waals surface area contributed by atoms with Crippen molar-refractivity contribution in [3.8, 4) is 11.5 Å². The van der Waals surface area contributed by atoms with Crippen molar-refractivity contribution in [3.05, 3.63) is 48.0 Å². The number of carbonyl (C=O) groups excluding carboxylic acids is 2. The first-order valence-corrected chi connectivity index (χ1v) is 9.33. The maximum atomic E-state index is 12.5. The highest BCUT2D eigenvalue weighted by Gasteiger charge is 2.16. The lowest BCUT2D eigenvalue weighted by molar-refractivity contribution is -0.116. The molecule has 7 nitrogen and oxygen atoms in total. The summed E-state index contributed by atoms with van der Waals surface area (Å²) in [4.78, 5) is 24.7. The van der Waals surface area contributed by atoms with E-state index in [-0.39, 0.29) is 24.2 Å². The summed E-state index contributed by atoms with van der Waals surface area (Å²) in [5.41, 5.74) is 1.52. The van der Waals surface area contributed by atoms with Crippen molar-refractivity contribution in [2.45, 2.75) is 20.3 Å². The Hall–Kier alpha value is -2.77. The molecule has 0 radical (unpaired) electrons. The van der Waals surface area contributed by atoms with Gasteiger partial charge in [0, 0.05) is 30.7 Å². The minimum atomic E-state index is -0.255. The Kier molecular flexibility index (Phi) is 10.6. The molecule has 0 unspecified atom stereocenters. The Bertz CT molecular complexity index is 800. The molecule has 0 saturated heterocycles. The zero-order valence-corrected chi connectivity index (χ0v) is 17.7. The largest absolute Gasteiger partial charge is 0.492 e. The zero-order chi connectivity index (χ0) is 20.4. The number of amides is 2. The van der Waals surface area contributed by atoms with E-state index in [9.17, 15) is 9.59 Å². The lowest BCUT2D eigenvalue weighted by Gasteiger charge is -2.18. The van der Waals surface area contributed by atoms with Crippen molar-refractivity contribution in [2.75, 3.05) is 37.4 Å². The van der Waals surface area contributed by atoms with Crippen LogP contribution in [0, 0.1) is 0 Å². The molecule has 158 valence electrons. The predicted molar refractivity (Wildman–Crippen MR) is 118 cm³/mol. The van der Waals surface area contributed by atoms with Crippen LogP contribution in [0.3, 0.4) is 0 Å². The SMILES string of the molecule is CCOc1cc(NC(=O)c2ccccc2)c(OCC)cc1NC(=O)CCNC.Cl. The van der Waals surface area contributed by atoms with Crippen LogP contribution in [0.15, 0.2) is 42.5 Å². The van der Waals surface area contributed by atoms with E-state index >= 15 is 0 Å². The number of hydrogen-bond acceptors (Lipinski definition) is 5. The summed E-state index contributed by atoms with van der Waals surface area (Å²) in [6, 6.07) is 12.3. The summed E-state index contributed by atoms with van der Waals surface area (Å²) < 4.78 is 11.3. The molecule has 0 bridgehead atoms. The molecule has 8 heteroatoms. The highest BCUT2D eigenvalue weighted by Crippen LogP contribution is 2.37. The molecule has 0 aliphatic heterocycles. The quantitative estimate of drug-likeness (QED) is 0.544. The fourth-order valence-electron chi connectivity index (χ4n) is 2.54. The molecule has 0 fully saturated rings. The molecule has 2 aromatic rings. The van der Waals surface area contributed by atoms with Crippen LogP contribution in [0.2, 0.25) is 0 Å². The maximum absolute atomic E-state index is 12.5. The van der Waals surface area contributed by atoms with E-state index in [4.69, 9.17) is 9.47 Å². The maximum Gasteiger partial charge on any atom is 0.255 e. The lowest BCUT2D eigenvalue weighted by Crippen LogP contribution is -2.19. The van der Waals surface area contributed by atoms with Crippen molar-refractivity contribution in [1.29, 1.82) is 0 Å². The van der Waals surface area contributed by atoms with Gasteiger partial charge in [-0.3, -0.25) is 9.59 Å². The molecule has 0 heterocycles. The van der Waals surface area contributed by atoms with Crippen LogP contribution in [0.25, 0.3) is 0 Å². The van der Waals surface area contributed by atoms with Gasteiger partial charge < -0.3 is 25.4 Å². The summed E-state index contributed by atoms with van der Waals surface area (Å²) in [6.45, 7) is 5.10. The Morgan fingerprint density at radius 3 is 1.97 bits per heavy atom. The number of benzene rings is 2. The minimum absolute atomic E-state index is 0. The second kappa shape index (κ2) is 12.6. The molecule has 2 aromatic carbocycles. The molecule has 0 aromatic heterocycles. The molecule has 0 aliphatic carbocycles. The number of anilines is 2. The second-order valence-electron chi connectivity index (χ2n) is 5.93. The van der Waals surface area contributed by atoms with E-state index < -0.39 is 0 Å². The molecule has 29 heavy (non-hydrogen) atoms. The Morgan fingerprint density at radius 1 is 0.897 bits per heavy atom. The normalized spacial score (nSPS) is 9.90. The van der Waals surface area contributed by atoms with Gasteiger partial charge >= 0.3 is 0 Å². The van der Waals surface area contributed by atoms with Crippen LogP contribution in [-0.4, -0.2) is 38.6 Å². The van der Waals surface area contributed by atoms with Gasteiger partial charge in [-0.25, -0.2) is 0 Å². The monoisotopic (exact) mass is 421 g/mol. The van der Waals surface area contributed by atoms with Gasteiger partial charge in [0.2, 0.25) is 5.91 Å². The molecular formula is C21H28ClN3O4. The second-order valence-corrected chi connectivity index (χ2v) is 5.93. The number of halogens is 1. The van der Waals surface area contributed by atoms with Crippen molar-refractivity contribution in [3.63, 3.8) is 0 Å². The van der Waals surface area contributed by atoms with Gasteiger partial charge in [-0.05, 0) is 33.0 Å². The summed E-state index contributed by atoms with van der Waals surface area (Å²) in [5, 5.41) is 8.64. The number of hydrogen-bond donors (Lipinski definition) is 3. The molecular weight excluding hydrogens is 394 g/mol. The van der Waals surface area contributed by atoms with Crippen molar-refractivity contribution < 1.29 is 19.1 Å². The van der Waals surface area contributed by atoms with Gasteiger partial charge in [0.15, 0.2) is 0 Å². The van der Waals surface area contributed by atoms with Crippen molar-refractivity contribution >= 4 is 35.6 Å². The molecule has 0 spiro atoms. The van der Waals surface area contributed by atoms with E-state index in [1.54, 1.807) is 43.4 Å². The fourth-order valence-corrected chi connectivity index (χ4v) is 2.54. The van der Waals surface area contributed by atoms with Crippen LogP contribution in [0.5, 0.6) is 11.5 Å². The molecule has 0 aliphatic rings. The number of nitrogens with one attached hydrogen (secondary N) is 3. The highest BCUT2D eigenvalue weighted by molar-refractivity contribution is 6.05. The van der Waals surface area contributed by atoms with Gasteiger partial charge in [0.25, 0.3) is 5.91 Å². The Labute approximate surface area is 177 Å². The van der Waals surface area contributed by atoms with Gasteiger partial charge in [-0.2, -0.15) is 0 Å². The van der Waals surface area contributed by atoms with Gasteiger partial charge in [0.1, 0.15) is 11.5 Å². The summed E-state index contributed by atoms with van der Waals surface area (Å²) in [5.74, 6) is 0.528. The predicted octanol–water partition coefficient (Wildman–Crippen LogP) is 3.71. The topological polar surface area (TPSA) is 88.7 Å². The lowest BCUT2D eigenvalue weighted by atomic mass is 10.2. The molecule has 0 saturated carbocycles. The molecule has 0 atom stereocenters. The third-order valence-corrected chi connectivity index (χ3v) is 3.84. The highest BCUT2D eigenvalue weighted by atomic mass is 35.5. The third-order valence-electron chi connectivity index (χ3n) is 3.84. The fraction of sp³-hybridized carbons (Fsp3) is 0.333. The average Bonchev–Trinajstić information content (AvgIpc) is 2.70. The van der Waals surface area contributed by atoms with Crippen molar-refractivity contribution in [2.24, 2.45) is 0 Å². The van der Waals surface area contributed by atoms with Gasteiger partial charge in [0.05, 0.1) is 24.6 Å². The Morgan fingerprint density at radius 2 is 1.45 bits per heavy atom.